The molecule has 1 aromatic carbocycles. The molecule has 2 amide bonds. The average Bonchev–Trinajstić information content (AvgIpc) is 3.07. The first kappa shape index (κ1) is 17.4. The Balaban J connectivity index is 1.68. The number of nitrogens with one attached hydrogen (secondary N) is 1. The first-order valence-corrected chi connectivity index (χ1v) is 8.21. The Labute approximate surface area is 150 Å². The number of carbonyl (C=O) groups is 3. The Morgan fingerprint density at radius 3 is 2.69 bits per heavy atom. The van der Waals surface area contributed by atoms with Gasteiger partial charge >= 0.3 is 11.6 Å². The number of fused-ring (bicyclic) bond motifs is 1. The van der Waals surface area contributed by atoms with Crippen LogP contribution in [0.2, 0.25) is 0 Å². The zero-order valence-corrected chi connectivity index (χ0v) is 14.0. The van der Waals surface area contributed by atoms with E-state index in [-0.39, 0.29) is 16.1 Å². The molecule has 2 aromatic heterocycles. The molecular formula is C17H12N2O6S. The van der Waals surface area contributed by atoms with Crippen molar-refractivity contribution >= 4 is 45.1 Å². The number of esters is 1. The normalized spacial score (nSPS) is 10.5. The molecule has 132 valence electrons. The summed E-state index contributed by atoms with van der Waals surface area (Å²) >= 11 is 1.10. The summed E-state index contributed by atoms with van der Waals surface area (Å²) in [5.41, 5.74) is 4.50. The van der Waals surface area contributed by atoms with Gasteiger partial charge in [-0.15, -0.1) is 11.3 Å². The van der Waals surface area contributed by atoms with Crippen molar-refractivity contribution in [2.24, 2.45) is 5.73 Å². The minimum atomic E-state index is -0.985. The van der Waals surface area contributed by atoms with Gasteiger partial charge in [0.05, 0.1) is 5.56 Å². The summed E-state index contributed by atoms with van der Waals surface area (Å²) < 4.78 is 9.89. The summed E-state index contributed by atoms with van der Waals surface area (Å²) in [7, 11) is 0. The largest absolute Gasteiger partial charge is 0.452 e. The zero-order valence-electron chi connectivity index (χ0n) is 13.2. The quantitative estimate of drug-likeness (QED) is 0.518. The molecule has 0 saturated carbocycles. The van der Waals surface area contributed by atoms with Gasteiger partial charge in [-0.2, -0.15) is 0 Å². The van der Waals surface area contributed by atoms with Crippen LogP contribution in [0.25, 0.3) is 11.0 Å². The number of nitrogens with two attached hydrogens (primary N) is 1. The van der Waals surface area contributed by atoms with Gasteiger partial charge in [0, 0.05) is 5.39 Å². The highest BCUT2D eigenvalue weighted by Gasteiger charge is 2.18. The summed E-state index contributed by atoms with van der Waals surface area (Å²) in [4.78, 5) is 47.0. The molecule has 0 aliphatic carbocycles. The van der Waals surface area contributed by atoms with E-state index in [4.69, 9.17) is 14.9 Å². The lowest BCUT2D eigenvalue weighted by atomic mass is 10.2. The van der Waals surface area contributed by atoms with Gasteiger partial charge in [-0.05, 0) is 23.6 Å². The van der Waals surface area contributed by atoms with E-state index >= 15 is 0 Å². The minimum absolute atomic E-state index is 0.157. The van der Waals surface area contributed by atoms with Crippen LogP contribution < -0.4 is 16.7 Å². The van der Waals surface area contributed by atoms with Gasteiger partial charge in [0.1, 0.15) is 16.1 Å². The smallest absolute Gasteiger partial charge is 0.351 e. The van der Waals surface area contributed by atoms with E-state index in [1.54, 1.807) is 29.6 Å². The highest BCUT2D eigenvalue weighted by Crippen LogP contribution is 2.22. The molecule has 0 aliphatic rings. The van der Waals surface area contributed by atoms with Gasteiger partial charge in [-0.1, -0.05) is 18.2 Å². The topological polar surface area (TPSA) is 129 Å². The summed E-state index contributed by atoms with van der Waals surface area (Å²) in [6.45, 7) is -0.638. The molecule has 26 heavy (non-hydrogen) atoms. The van der Waals surface area contributed by atoms with Crippen LogP contribution in [0, 0.1) is 0 Å². The van der Waals surface area contributed by atoms with Crippen molar-refractivity contribution in [2.45, 2.75) is 0 Å². The van der Waals surface area contributed by atoms with Crippen LogP contribution in [0.3, 0.4) is 0 Å². The minimum Gasteiger partial charge on any atom is -0.452 e. The van der Waals surface area contributed by atoms with E-state index in [0.717, 1.165) is 11.3 Å². The second-order valence-electron chi connectivity index (χ2n) is 5.14. The van der Waals surface area contributed by atoms with Crippen molar-refractivity contribution in [3.05, 3.63) is 63.3 Å². The third kappa shape index (κ3) is 3.62. The van der Waals surface area contributed by atoms with Crippen LogP contribution in [0.5, 0.6) is 0 Å². The Bertz CT molecular complexity index is 1070. The third-order valence-corrected chi connectivity index (χ3v) is 4.21. The number of para-hydroxylation sites is 1. The lowest BCUT2D eigenvalue weighted by Gasteiger charge is -2.06. The summed E-state index contributed by atoms with van der Waals surface area (Å²) in [6.07, 6.45) is 0. The third-order valence-electron chi connectivity index (χ3n) is 3.38. The maximum absolute atomic E-state index is 12.1. The molecule has 0 saturated heterocycles. The number of rotatable bonds is 5. The zero-order chi connectivity index (χ0) is 18.7. The van der Waals surface area contributed by atoms with Crippen molar-refractivity contribution in [1.29, 1.82) is 0 Å². The average molecular weight is 372 g/mol. The van der Waals surface area contributed by atoms with Crippen molar-refractivity contribution in [3.8, 4) is 0 Å². The van der Waals surface area contributed by atoms with E-state index in [2.05, 4.69) is 5.32 Å². The van der Waals surface area contributed by atoms with Crippen LogP contribution in [0.15, 0.2) is 51.0 Å². The number of amides is 2. The number of carbonyl (C=O) groups excluding carboxylic acids is 3. The molecule has 0 atom stereocenters. The molecule has 0 bridgehead atoms. The number of hydrogen-bond acceptors (Lipinski definition) is 7. The lowest BCUT2D eigenvalue weighted by molar-refractivity contribution is -0.119. The van der Waals surface area contributed by atoms with Crippen molar-refractivity contribution in [3.63, 3.8) is 0 Å². The molecule has 2 heterocycles. The molecule has 8 nitrogen and oxygen atoms in total. The molecule has 3 N–H and O–H groups in total. The molecular weight excluding hydrogens is 360 g/mol. The van der Waals surface area contributed by atoms with Crippen LogP contribution in [0.1, 0.15) is 20.7 Å². The van der Waals surface area contributed by atoms with Crippen molar-refractivity contribution < 1.29 is 23.5 Å². The van der Waals surface area contributed by atoms with E-state index in [9.17, 15) is 19.2 Å². The number of ether oxygens (including phenoxy) is 1. The monoisotopic (exact) mass is 372 g/mol. The highest BCUT2D eigenvalue weighted by molar-refractivity contribution is 7.14. The SMILES string of the molecule is NC(=O)c1ccsc1NC(=O)COC(=O)c1cc2ccccc2oc1=O. The van der Waals surface area contributed by atoms with Crippen LogP contribution in [-0.4, -0.2) is 24.4 Å². The maximum Gasteiger partial charge on any atom is 0.351 e. The Morgan fingerprint density at radius 2 is 1.92 bits per heavy atom. The molecule has 0 unspecified atom stereocenters. The first-order chi connectivity index (χ1) is 12.5. The summed E-state index contributed by atoms with van der Waals surface area (Å²) in [6, 6.07) is 9.49. The van der Waals surface area contributed by atoms with Gasteiger partial charge in [0.15, 0.2) is 6.61 Å². The molecule has 3 rings (SSSR count). The van der Waals surface area contributed by atoms with Crippen molar-refractivity contribution in [2.75, 3.05) is 11.9 Å². The van der Waals surface area contributed by atoms with E-state index < -0.39 is 30.0 Å². The van der Waals surface area contributed by atoms with Gasteiger partial charge in [0.25, 0.3) is 11.8 Å². The van der Waals surface area contributed by atoms with Gasteiger partial charge in [-0.25, -0.2) is 9.59 Å². The summed E-state index contributed by atoms with van der Waals surface area (Å²) in [5, 5.41) is 4.81. The molecule has 3 aromatic rings. The van der Waals surface area contributed by atoms with E-state index in [1.807, 2.05) is 0 Å². The van der Waals surface area contributed by atoms with Gasteiger partial charge < -0.3 is 20.2 Å². The molecule has 0 radical (unpaired) electrons. The van der Waals surface area contributed by atoms with E-state index in [0.29, 0.717) is 11.0 Å². The second-order valence-corrected chi connectivity index (χ2v) is 6.05. The predicted molar refractivity (Wildman–Crippen MR) is 94.2 cm³/mol. The number of hydrogen-bond donors (Lipinski definition) is 2. The number of anilines is 1. The number of thiophene rings is 1. The predicted octanol–water partition coefficient (Wildman–Crippen LogP) is 1.75. The summed E-state index contributed by atoms with van der Waals surface area (Å²) in [5.74, 6) is -2.35. The van der Waals surface area contributed by atoms with Gasteiger partial charge in [0.2, 0.25) is 0 Å². The fraction of sp³-hybridized carbons (Fsp3) is 0.0588. The van der Waals surface area contributed by atoms with Gasteiger partial charge in [-0.3, -0.25) is 9.59 Å². The maximum atomic E-state index is 12.1. The molecule has 0 fully saturated rings. The molecule has 0 spiro atoms. The Kier molecular flexibility index (Phi) is 4.81. The number of benzene rings is 1. The lowest BCUT2D eigenvalue weighted by Crippen LogP contribution is -2.24. The molecule has 0 aliphatic heterocycles. The fourth-order valence-electron chi connectivity index (χ4n) is 2.18. The Morgan fingerprint density at radius 1 is 1.15 bits per heavy atom. The number of primary amides is 1. The second kappa shape index (κ2) is 7.19. The fourth-order valence-corrected chi connectivity index (χ4v) is 2.98. The van der Waals surface area contributed by atoms with Crippen molar-refractivity contribution in [1.82, 2.24) is 0 Å². The Hall–Kier alpha value is -3.46. The van der Waals surface area contributed by atoms with Crippen LogP contribution >= 0.6 is 11.3 Å². The van der Waals surface area contributed by atoms with E-state index in [1.165, 1.54) is 12.1 Å². The highest BCUT2D eigenvalue weighted by atomic mass is 32.1. The molecule has 9 heteroatoms. The van der Waals surface area contributed by atoms with Crippen LogP contribution in [0.4, 0.5) is 5.00 Å². The first-order valence-electron chi connectivity index (χ1n) is 7.33. The van der Waals surface area contributed by atoms with Crippen LogP contribution in [-0.2, 0) is 9.53 Å². The standard InChI is InChI=1S/C17H12N2O6S/c18-14(21)10-5-6-26-15(10)19-13(20)8-24-16(22)11-7-9-3-1-2-4-12(9)25-17(11)23/h1-7H,8H2,(H2,18,21)(H,19,20).